The van der Waals surface area contributed by atoms with Crippen LogP contribution in [-0.2, 0) is 9.47 Å². The predicted molar refractivity (Wildman–Crippen MR) is 43.2 cm³/mol. The van der Waals surface area contributed by atoms with Crippen molar-refractivity contribution in [1.29, 1.82) is 0 Å². The van der Waals surface area contributed by atoms with Gasteiger partial charge in [-0.05, 0) is 0 Å². The van der Waals surface area contributed by atoms with Crippen LogP contribution in [0.2, 0.25) is 0 Å². The van der Waals surface area contributed by atoms with Crippen LogP contribution in [0.1, 0.15) is 0 Å². The van der Waals surface area contributed by atoms with Gasteiger partial charge < -0.3 is 9.47 Å². The van der Waals surface area contributed by atoms with Gasteiger partial charge in [0.05, 0.1) is 31.0 Å². The Balaban J connectivity index is 1.96. The zero-order chi connectivity index (χ0) is 7.23. The van der Waals surface area contributed by atoms with Gasteiger partial charge in [-0.25, -0.2) is 0 Å². The molecule has 0 bridgehead atoms. The minimum absolute atomic E-state index is 0.542. The van der Waals surface area contributed by atoms with Gasteiger partial charge >= 0.3 is 0 Å². The van der Waals surface area contributed by atoms with E-state index in [-0.39, 0.29) is 0 Å². The van der Waals surface area contributed by atoms with Gasteiger partial charge in [-0.1, -0.05) is 6.08 Å². The molecule has 0 spiro atoms. The molecule has 1 rings (SSSR count). The van der Waals surface area contributed by atoms with Gasteiger partial charge in [0.15, 0.2) is 0 Å². The molecule has 2 nitrogen and oxygen atoms in total. The fourth-order valence-electron chi connectivity index (χ4n) is 0.751. The van der Waals surface area contributed by atoms with Gasteiger partial charge in [0.25, 0.3) is 0 Å². The van der Waals surface area contributed by atoms with Crippen molar-refractivity contribution >= 4 is 11.8 Å². The highest BCUT2D eigenvalue weighted by Gasteiger charge is 2.15. The summed E-state index contributed by atoms with van der Waals surface area (Å²) < 4.78 is 10.4. The van der Waals surface area contributed by atoms with Crippen molar-refractivity contribution in [2.24, 2.45) is 0 Å². The summed E-state index contributed by atoms with van der Waals surface area (Å²) in [5, 5.41) is 0.542. The first-order valence-corrected chi connectivity index (χ1v) is 4.36. The molecule has 1 aliphatic heterocycles. The summed E-state index contributed by atoms with van der Waals surface area (Å²) in [6.07, 6.45) is 1.76. The molecule has 0 saturated carbocycles. The molecule has 1 fully saturated rings. The summed E-state index contributed by atoms with van der Waals surface area (Å²) in [7, 11) is 0. The maximum atomic E-state index is 5.25. The third kappa shape index (κ3) is 2.73. The first-order chi connectivity index (χ1) is 4.93. The third-order valence-corrected chi connectivity index (χ3v) is 2.28. The van der Waals surface area contributed by atoms with Crippen molar-refractivity contribution in [3.63, 3.8) is 0 Å². The van der Waals surface area contributed by atoms with E-state index >= 15 is 0 Å². The van der Waals surface area contributed by atoms with Crippen molar-refractivity contribution in [3.05, 3.63) is 12.7 Å². The quantitative estimate of drug-likeness (QED) is 0.456. The summed E-state index contributed by atoms with van der Waals surface area (Å²) in [5.41, 5.74) is 0. The highest BCUT2D eigenvalue weighted by atomic mass is 32.2. The summed E-state index contributed by atoms with van der Waals surface area (Å²) in [6.45, 7) is 5.84. The summed E-state index contributed by atoms with van der Waals surface area (Å²) in [4.78, 5) is 0. The van der Waals surface area contributed by atoms with E-state index in [1.807, 2.05) is 11.8 Å². The first-order valence-electron chi connectivity index (χ1n) is 3.31. The van der Waals surface area contributed by atoms with Gasteiger partial charge in [0.2, 0.25) is 0 Å². The molecule has 0 radical (unpaired) electrons. The highest BCUT2D eigenvalue weighted by molar-refractivity contribution is 8.00. The van der Waals surface area contributed by atoms with Gasteiger partial charge in [0.1, 0.15) is 0 Å². The van der Waals surface area contributed by atoms with Crippen LogP contribution in [0.25, 0.3) is 0 Å². The Kier molecular flexibility index (Phi) is 3.87. The minimum atomic E-state index is 0.542. The SMILES string of the molecule is C=CCOCC1COCS1. The Morgan fingerprint density at radius 2 is 2.70 bits per heavy atom. The van der Waals surface area contributed by atoms with E-state index in [4.69, 9.17) is 9.47 Å². The Bertz CT molecular complexity index is 99.8. The third-order valence-electron chi connectivity index (χ3n) is 1.23. The fourth-order valence-corrected chi connectivity index (χ4v) is 1.52. The van der Waals surface area contributed by atoms with Crippen LogP contribution in [0.4, 0.5) is 0 Å². The Morgan fingerprint density at radius 3 is 3.30 bits per heavy atom. The zero-order valence-electron chi connectivity index (χ0n) is 5.91. The first kappa shape index (κ1) is 8.11. The second-order valence-corrected chi connectivity index (χ2v) is 3.34. The van der Waals surface area contributed by atoms with Gasteiger partial charge in [-0.2, -0.15) is 0 Å². The van der Waals surface area contributed by atoms with Crippen molar-refractivity contribution in [3.8, 4) is 0 Å². The van der Waals surface area contributed by atoms with Crippen molar-refractivity contribution in [1.82, 2.24) is 0 Å². The van der Waals surface area contributed by atoms with Crippen LogP contribution in [0.3, 0.4) is 0 Å². The van der Waals surface area contributed by atoms with E-state index < -0.39 is 0 Å². The molecule has 0 aromatic heterocycles. The normalized spacial score (nSPS) is 25.0. The van der Waals surface area contributed by atoms with E-state index in [9.17, 15) is 0 Å². The molecule has 10 heavy (non-hydrogen) atoms. The lowest BCUT2D eigenvalue weighted by molar-refractivity contribution is 0.133. The average Bonchev–Trinajstić information content (AvgIpc) is 2.41. The minimum Gasteiger partial charge on any atom is -0.376 e. The van der Waals surface area contributed by atoms with Crippen LogP contribution in [-0.4, -0.2) is 31.0 Å². The molecule has 1 unspecified atom stereocenters. The Morgan fingerprint density at radius 1 is 1.80 bits per heavy atom. The topological polar surface area (TPSA) is 18.5 Å². The molecule has 58 valence electrons. The maximum Gasteiger partial charge on any atom is 0.0925 e. The molecular formula is C7H12O2S. The lowest BCUT2D eigenvalue weighted by atomic mass is 10.5. The molecule has 0 aliphatic carbocycles. The fraction of sp³-hybridized carbons (Fsp3) is 0.714. The number of hydrogen-bond donors (Lipinski definition) is 0. The number of hydrogen-bond acceptors (Lipinski definition) is 3. The largest absolute Gasteiger partial charge is 0.376 e. The predicted octanol–water partition coefficient (Wildman–Crippen LogP) is 1.28. The van der Waals surface area contributed by atoms with E-state index in [1.165, 1.54) is 0 Å². The lowest BCUT2D eigenvalue weighted by Crippen LogP contribution is -2.12. The summed E-state index contributed by atoms with van der Waals surface area (Å²) >= 11 is 1.81. The maximum absolute atomic E-state index is 5.25. The van der Waals surface area contributed by atoms with Gasteiger partial charge in [-0.3, -0.25) is 0 Å². The molecule has 1 saturated heterocycles. The summed E-state index contributed by atoms with van der Waals surface area (Å²) in [5.74, 6) is 0.822. The molecule has 0 amide bonds. The number of rotatable bonds is 4. The Hall–Kier alpha value is 0.0100. The molecule has 0 aromatic rings. The van der Waals surface area contributed by atoms with E-state index in [0.717, 1.165) is 19.2 Å². The lowest BCUT2D eigenvalue weighted by Gasteiger charge is -2.04. The molecule has 1 heterocycles. The molecule has 0 N–H and O–H groups in total. The molecule has 1 atom stereocenters. The average molecular weight is 160 g/mol. The highest BCUT2D eigenvalue weighted by Crippen LogP contribution is 2.18. The van der Waals surface area contributed by atoms with Crippen molar-refractivity contribution < 1.29 is 9.47 Å². The van der Waals surface area contributed by atoms with Crippen LogP contribution >= 0.6 is 11.8 Å². The van der Waals surface area contributed by atoms with Crippen molar-refractivity contribution in [2.45, 2.75) is 5.25 Å². The number of thioether (sulfide) groups is 1. The second kappa shape index (κ2) is 4.77. The molecule has 0 aromatic carbocycles. The van der Waals surface area contributed by atoms with Crippen LogP contribution in [0, 0.1) is 0 Å². The molecular weight excluding hydrogens is 148 g/mol. The monoisotopic (exact) mass is 160 g/mol. The van der Waals surface area contributed by atoms with E-state index in [1.54, 1.807) is 6.08 Å². The van der Waals surface area contributed by atoms with Crippen molar-refractivity contribution in [2.75, 3.05) is 25.8 Å². The standard InChI is InChI=1S/C7H12O2S/c1-2-3-8-4-7-5-9-6-10-7/h2,7H,1,3-6H2. The molecule has 3 heteroatoms. The zero-order valence-corrected chi connectivity index (χ0v) is 6.73. The van der Waals surface area contributed by atoms with Gasteiger partial charge in [-0.15, -0.1) is 18.3 Å². The number of ether oxygens (including phenoxy) is 2. The summed E-state index contributed by atoms with van der Waals surface area (Å²) in [6, 6.07) is 0. The molecule has 1 aliphatic rings. The van der Waals surface area contributed by atoms with Gasteiger partial charge in [0, 0.05) is 0 Å². The second-order valence-electron chi connectivity index (χ2n) is 2.10. The smallest absolute Gasteiger partial charge is 0.0925 e. The van der Waals surface area contributed by atoms with E-state index in [0.29, 0.717) is 11.9 Å². The van der Waals surface area contributed by atoms with Crippen LogP contribution < -0.4 is 0 Å². The Labute approximate surface area is 65.6 Å². The van der Waals surface area contributed by atoms with Crippen LogP contribution in [0.15, 0.2) is 12.7 Å². The van der Waals surface area contributed by atoms with E-state index in [2.05, 4.69) is 6.58 Å². The van der Waals surface area contributed by atoms with Crippen LogP contribution in [0.5, 0.6) is 0 Å².